The first-order valence-electron chi connectivity index (χ1n) is 23.2. The van der Waals surface area contributed by atoms with Crippen molar-refractivity contribution in [2.75, 3.05) is 68.3 Å². The van der Waals surface area contributed by atoms with E-state index in [1.165, 1.54) is 52.8 Å². The lowest BCUT2D eigenvalue weighted by Crippen LogP contribution is -2.47. The molecule has 2 saturated heterocycles. The van der Waals surface area contributed by atoms with Crippen LogP contribution in [0.5, 0.6) is 0 Å². The van der Waals surface area contributed by atoms with E-state index in [0.717, 1.165) is 122 Å². The van der Waals surface area contributed by atoms with Crippen molar-refractivity contribution in [2.24, 2.45) is 10.8 Å². The van der Waals surface area contributed by atoms with E-state index in [0.29, 0.717) is 16.9 Å². The molecule has 0 unspecified atom stereocenters. The first-order valence-corrected chi connectivity index (χ1v) is 24.4. The van der Waals surface area contributed by atoms with Gasteiger partial charge in [-0.3, -0.25) is 4.90 Å². The Hall–Kier alpha value is -4.41. The van der Waals surface area contributed by atoms with E-state index in [4.69, 9.17) is 22.3 Å². The molecule has 0 amide bonds. The fourth-order valence-electron chi connectivity index (χ4n) is 9.82. The maximum absolute atomic E-state index is 6.80. The number of benzene rings is 3. The molecular weight excluding hydrogens is 816 g/mol. The highest BCUT2D eigenvalue weighted by molar-refractivity contribution is 7.97. The second-order valence-corrected chi connectivity index (χ2v) is 21.4. The van der Waals surface area contributed by atoms with Gasteiger partial charge in [0.25, 0.3) is 0 Å². The fraction of sp³-hybridized carbons (Fsp3) is 0.453. The number of nitrogens with two attached hydrogens (primary N) is 1. The molecule has 334 valence electrons. The highest BCUT2D eigenvalue weighted by Gasteiger charge is 2.30. The van der Waals surface area contributed by atoms with Gasteiger partial charge in [-0.1, -0.05) is 76.6 Å². The van der Waals surface area contributed by atoms with Crippen molar-refractivity contribution in [1.29, 1.82) is 0 Å². The number of nitrogens with zero attached hydrogens (tertiary/aromatic N) is 4. The summed E-state index contributed by atoms with van der Waals surface area (Å²) in [5.41, 5.74) is 21.6. The van der Waals surface area contributed by atoms with E-state index in [9.17, 15) is 0 Å². The van der Waals surface area contributed by atoms with Crippen LogP contribution in [0.1, 0.15) is 101 Å². The standard InChI is InChI=1S/C53H69ClN8S/c1-8-39-30-46(31-49(55)50(39)58-36(2)34-60-21-18-52(4,5)19-22-60)63-59-37(3)47-14-13-45(29-43(47)28-38-27-41-16-20-56-51(41)57-33-38)62-25-23-61(24-26-62)35-42-15-17-53(6,7)32-48(42)40-9-11-44(54)12-10-40/h9-14,16,20,27,29-31,33,36,58-59H,3,8,15,17-19,21-26,28,32,34-35,55H2,1-2,4-7H3,(H,56,57)/t36-/m0/s1. The SMILES string of the molecule is C=C(NSc1cc(N)c(N[C@@H](C)CN2CCC(C)(C)CC2)c(CC)c1)c1ccc(N2CCN(CC3=C(c4ccc(Cl)cc4)CC(C)(C)CC3)CC2)cc1Cc1cnc2[nH]ccc2c1. The zero-order chi connectivity index (χ0) is 44.3. The number of anilines is 3. The molecular formula is C53H69ClN8S. The van der Waals surface area contributed by atoms with Crippen LogP contribution in [-0.2, 0) is 12.8 Å². The number of aromatic amines is 1. The molecule has 5 aromatic rings. The number of pyridine rings is 1. The number of hydrogen-bond acceptors (Lipinski definition) is 8. The number of aryl methyl sites for hydroxylation is 1. The number of piperazine rings is 1. The first kappa shape index (κ1) is 45.2. The number of nitrogens with one attached hydrogen (secondary N) is 3. The number of hydrogen-bond donors (Lipinski definition) is 4. The molecule has 0 saturated carbocycles. The van der Waals surface area contributed by atoms with Gasteiger partial charge in [-0.2, -0.15) is 0 Å². The van der Waals surface area contributed by atoms with Crippen molar-refractivity contribution in [1.82, 2.24) is 24.5 Å². The molecule has 1 aliphatic carbocycles. The second kappa shape index (κ2) is 19.4. The molecule has 10 heteroatoms. The number of H-pyrrole nitrogens is 1. The zero-order valence-electron chi connectivity index (χ0n) is 38.5. The minimum absolute atomic E-state index is 0.301. The first-order chi connectivity index (χ1) is 30.2. The van der Waals surface area contributed by atoms with Gasteiger partial charge in [0.05, 0.1) is 11.4 Å². The minimum Gasteiger partial charge on any atom is -0.397 e. The van der Waals surface area contributed by atoms with Crippen molar-refractivity contribution in [2.45, 2.75) is 97.4 Å². The van der Waals surface area contributed by atoms with Crippen molar-refractivity contribution in [3.8, 4) is 0 Å². The average molecular weight is 886 g/mol. The van der Waals surface area contributed by atoms with Gasteiger partial charge >= 0.3 is 0 Å². The van der Waals surface area contributed by atoms with Gasteiger partial charge in [-0.05, 0) is 164 Å². The van der Waals surface area contributed by atoms with Crippen LogP contribution >= 0.6 is 23.5 Å². The van der Waals surface area contributed by atoms with Gasteiger partial charge in [0.1, 0.15) is 5.65 Å². The number of piperidine rings is 1. The Kier molecular flexibility index (Phi) is 13.9. The zero-order valence-corrected chi connectivity index (χ0v) is 40.1. The van der Waals surface area contributed by atoms with Crippen molar-refractivity contribution < 1.29 is 0 Å². The van der Waals surface area contributed by atoms with E-state index in [-0.39, 0.29) is 0 Å². The number of halogens is 1. The molecule has 0 bridgehead atoms. The number of fused-ring (bicyclic) bond motifs is 1. The van der Waals surface area contributed by atoms with Crippen LogP contribution in [0, 0.1) is 10.8 Å². The Bertz CT molecular complexity index is 2420. The van der Waals surface area contributed by atoms with Gasteiger partial charge in [0.2, 0.25) is 0 Å². The molecule has 3 aromatic carbocycles. The Balaban J connectivity index is 0.952. The summed E-state index contributed by atoms with van der Waals surface area (Å²) in [7, 11) is 0. The highest BCUT2D eigenvalue weighted by atomic mass is 35.5. The van der Waals surface area contributed by atoms with Crippen molar-refractivity contribution in [3.05, 3.63) is 124 Å². The summed E-state index contributed by atoms with van der Waals surface area (Å²) < 4.78 is 3.62. The lowest BCUT2D eigenvalue weighted by molar-refractivity contribution is 0.130. The molecule has 1 atom stereocenters. The summed E-state index contributed by atoms with van der Waals surface area (Å²) in [5.74, 6) is 0. The van der Waals surface area contributed by atoms with Crippen LogP contribution in [0.2, 0.25) is 5.02 Å². The summed E-state index contributed by atoms with van der Waals surface area (Å²) in [6, 6.07) is 24.4. The van der Waals surface area contributed by atoms with Crippen molar-refractivity contribution >= 4 is 62.9 Å². The molecule has 2 fully saturated rings. The Labute approximate surface area is 386 Å². The van der Waals surface area contributed by atoms with E-state index in [1.807, 2.05) is 24.5 Å². The molecule has 0 radical (unpaired) electrons. The lowest BCUT2D eigenvalue weighted by atomic mass is 9.72. The summed E-state index contributed by atoms with van der Waals surface area (Å²) in [6.45, 7) is 27.1. The monoisotopic (exact) mass is 885 g/mol. The average Bonchev–Trinajstić information content (AvgIpc) is 3.74. The third kappa shape index (κ3) is 11.3. The molecule has 8 rings (SSSR count). The van der Waals surface area contributed by atoms with Gasteiger partial charge in [0.15, 0.2) is 0 Å². The lowest BCUT2D eigenvalue weighted by Gasteiger charge is -2.39. The molecule has 8 nitrogen and oxygen atoms in total. The Morgan fingerprint density at radius 1 is 0.905 bits per heavy atom. The third-order valence-electron chi connectivity index (χ3n) is 13.8. The van der Waals surface area contributed by atoms with Gasteiger partial charge in [0, 0.05) is 90.0 Å². The third-order valence-corrected chi connectivity index (χ3v) is 14.9. The molecule has 0 spiro atoms. The largest absolute Gasteiger partial charge is 0.397 e. The summed E-state index contributed by atoms with van der Waals surface area (Å²) in [4.78, 5) is 16.9. The number of rotatable bonds is 15. The molecule has 63 heavy (non-hydrogen) atoms. The normalized spacial score (nSPS) is 18.7. The highest BCUT2D eigenvalue weighted by Crippen LogP contribution is 2.43. The summed E-state index contributed by atoms with van der Waals surface area (Å²) >= 11 is 7.88. The quantitative estimate of drug-likeness (QED) is 0.0611. The van der Waals surface area contributed by atoms with E-state index >= 15 is 0 Å². The van der Waals surface area contributed by atoms with E-state index in [1.54, 1.807) is 17.5 Å². The van der Waals surface area contributed by atoms with E-state index in [2.05, 4.69) is 132 Å². The molecule has 2 aliphatic heterocycles. The number of likely N-dealkylation sites (tertiary alicyclic amines) is 1. The molecule has 5 N–H and O–H groups in total. The minimum atomic E-state index is 0.301. The van der Waals surface area contributed by atoms with Crippen LogP contribution in [0.3, 0.4) is 0 Å². The maximum Gasteiger partial charge on any atom is 0.137 e. The van der Waals surface area contributed by atoms with Crippen molar-refractivity contribution in [3.63, 3.8) is 0 Å². The van der Waals surface area contributed by atoms with Crippen LogP contribution in [0.4, 0.5) is 17.1 Å². The summed E-state index contributed by atoms with van der Waals surface area (Å²) in [6.07, 6.45) is 11.6. The van der Waals surface area contributed by atoms with Gasteiger partial charge in [-0.25, -0.2) is 4.98 Å². The number of nitrogen functional groups attached to an aromatic ring is 1. The van der Waals surface area contributed by atoms with Crippen LogP contribution in [-0.4, -0.2) is 78.2 Å². The Morgan fingerprint density at radius 2 is 1.67 bits per heavy atom. The number of allylic oxidation sites excluding steroid dienone is 1. The fourth-order valence-corrected chi connectivity index (χ4v) is 10.7. The predicted octanol–water partition coefficient (Wildman–Crippen LogP) is 11.9. The predicted molar refractivity (Wildman–Crippen MR) is 271 cm³/mol. The second-order valence-electron chi connectivity index (χ2n) is 20.1. The molecule has 2 aromatic heterocycles. The van der Waals surface area contributed by atoms with Crippen LogP contribution in [0.25, 0.3) is 22.3 Å². The molecule has 4 heterocycles. The number of aromatic nitrogens is 2. The van der Waals surface area contributed by atoms with Crippen LogP contribution in [0.15, 0.2) is 96.2 Å². The van der Waals surface area contributed by atoms with Gasteiger partial charge < -0.3 is 30.6 Å². The molecule has 3 aliphatic rings. The topological polar surface area (TPSA) is 88.5 Å². The summed E-state index contributed by atoms with van der Waals surface area (Å²) in [5, 5.41) is 5.70. The van der Waals surface area contributed by atoms with E-state index < -0.39 is 0 Å². The van der Waals surface area contributed by atoms with Gasteiger partial charge in [-0.15, -0.1) is 0 Å². The van der Waals surface area contributed by atoms with Crippen LogP contribution < -0.4 is 20.7 Å². The smallest absolute Gasteiger partial charge is 0.137 e. The maximum atomic E-state index is 6.80. The Morgan fingerprint density at radius 3 is 2.41 bits per heavy atom.